The molecule has 0 aromatic heterocycles. The summed E-state index contributed by atoms with van der Waals surface area (Å²) < 4.78 is 3.21. The van der Waals surface area contributed by atoms with E-state index in [1.807, 2.05) is 19.9 Å². The maximum Gasteiger partial charge on any atom is -0.0398 e. The molecule has 2 N–H and O–H groups in total. The third kappa shape index (κ3) is 13.9. The molecule has 0 amide bonds. The number of likely N-dealkylation sites (tertiary alicyclic amines) is 1. The van der Waals surface area contributed by atoms with Gasteiger partial charge in [0.1, 0.15) is 0 Å². The molecule has 1 heterocycles. The van der Waals surface area contributed by atoms with Crippen molar-refractivity contribution in [3.8, 4) is 15.2 Å². The van der Waals surface area contributed by atoms with Gasteiger partial charge in [-0.2, -0.15) is 0 Å². The van der Waals surface area contributed by atoms with E-state index in [0.717, 1.165) is 35.5 Å². The Morgan fingerprint density at radius 2 is 1.37 bits per heavy atom. The zero-order chi connectivity index (χ0) is 32.2. The second kappa shape index (κ2) is 21.7. The van der Waals surface area contributed by atoms with Gasteiger partial charge in [-0.25, -0.2) is 0 Å². The normalized spacial score (nSPS) is 12.0. The number of allylic oxidation sites excluding steroid dienone is 2. The van der Waals surface area contributed by atoms with E-state index >= 15 is 0 Å². The monoisotopic (exact) mass is 656 g/mol. The smallest absolute Gasteiger partial charge is 0.0398 e. The van der Waals surface area contributed by atoms with Gasteiger partial charge < -0.3 is 0 Å². The molecule has 0 aliphatic carbocycles. The first-order chi connectivity index (χ1) is 20.7. The van der Waals surface area contributed by atoms with Crippen molar-refractivity contribution in [2.75, 3.05) is 13.1 Å². The second-order valence-electron chi connectivity index (χ2n) is 10.9. The van der Waals surface area contributed by atoms with Crippen molar-refractivity contribution in [3.63, 3.8) is 0 Å². The van der Waals surface area contributed by atoms with Gasteiger partial charge >= 0.3 is 162 Å². The fourth-order valence-corrected chi connectivity index (χ4v) is 5.16. The Morgan fingerprint density at radius 1 is 0.837 bits per heavy atom. The molecular weight excluding hydrogens is 601 g/mol. The van der Waals surface area contributed by atoms with Crippen LogP contribution in [0.25, 0.3) is 16.7 Å². The number of aryl methyl sites for hydroxylation is 3. The molecule has 0 bridgehead atoms. The molecular formula is C40H55N2Nb. The first-order valence-electron chi connectivity index (χ1n) is 15.9. The quantitative estimate of drug-likeness (QED) is 0.149. The summed E-state index contributed by atoms with van der Waals surface area (Å²) in [5.41, 5.74) is 17.2. The fraction of sp³-hybridized carbons (Fsp3) is 0.375. The first-order valence-corrected chi connectivity index (χ1v) is 17.0. The topological polar surface area (TPSA) is 29.3 Å². The summed E-state index contributed by atoms with van der Waals surface area (Å²) >= 11 is 1.58. The zero-order valence-electron chi connectivity index (χ0n) is 28.0. The van der Waals surface area contributed by atoms with Crippen molar-refractivity contribution >= 4 is 5.57 Å². The van der Waals surface area contributed by atoms with Crippen LogP contribution in [0.1, 0.15) is 94.0 Å². The summed E-state index contributed by atoms with van der Waals surface area (Å²) in [7, 11) is 0. The maximum absolute atomic E-state index is 5.96. The summed E-state index contributed by atoms with van der Waals surface area (Å²) in [6, 6.07) is 23.5. The molecule has 3 aromatic rings. The molecule has 0 saturated carbocycles. The zero-order valence-corrected chi connectivity index (χ0v) is 30.2. The minimum Gasteiger partial charge on any atom is -0.0683 e. The van der Waals surface area contributed by atoms with Gasteiger partial charge in [-0.1, -0.05) is 88.8 Å². The molecule has 1 fully saturated rings. The van der Waals surface area contributed by atoms with E-state index in [2.05, 4.69) is 123 Å². The van der Waals surface area contributed by atoms with E-state index in [1.165, 1.54) is 66.3 Å². The second-order valence-corrected chi connectivity index (χ2v) is 11.4. The summed E-state index contributed by atoms with van der Waals surface area (Å²) in [6.45, 7) is 25.2. The summed E-state index contributed by atoms with van der Waals surface area (Å²) in [5, 5.41) is 0. The van der Waals surface area contributed by atoms with Gasteiger partial charge in [-0.15, -0.1) is 0 Å². The van der Waals surface area contributed by atoms with E-state index in [1.54, 1.807) is 20.4 Å². The summed E-state index contributed by atoms with van der Waals surface area (Å²) in [4.78, 5) is 2.35. The number of hydrogen-bond acceptors (Lipinski definition) is 2. The number of rotatable bonds is 8. The van der Waals surface area contributed by atoms with Gasteiger partial charge in [0.25, 0.3) is 0 Å². The number of benzene rings is 3. The average molecular weight is 657 g/mol. The minimum absolute atomic E-state index is 0.551. The summed E-state index contributed by atoms with van der Waals surface area (Å²) in [6.07, 6.45) is 9.93. The molecule has 230 valence electrons. The molecule has 4 rings (SSSR count). The molecule has 1 aliphatic rings. The molecule has 43 heavy (non-hydrogen) atoms. The fourth-order valence-electron chi connectivity index (χ4n) is 4.80. The minimum atomic E-state index is 0.551. The van der Waals surface area contributed by atoms with Gasteiger partial charge in [-0.3, -0.25) is 0 Å². The number of nitrogens with two attached hydrogens (primary N) is 1. The molecule has 1 aliphatic heterocycles. The van der Waals surface area contributed by atoms with Crippen LogP contribution < -0.4 is 5.73 Å². The van der Waals surface area contributed by atoms with E-state index in [9.17, 15) is 0 Å². The predicted molar refractivity (Wildman–Crippen MR) is 188 cm³/mol. The van der Waals surface area contributed by atoms with E-state index in [4.69, 9.17) is 5.73 Å². The summed E-state index contributed by atoms with van der Waals surface area (Å²) in [5.74, 6) is 0. The Bertz CT molecular complexity index is 1310. The predicted octanol–water partition coefficient (Wildman–Crippen LogP) is 10.9. The number of hydrogen-bond donors (Lipinski definition) is 1. The van der Waals surface area contributed by atoms with Crippen LogP contribution in [-0.4, -0.2) is 18.0 Å². The van der Waals surface area contributed by atoms with Crippen LogP contribution in [0.15, 0.2) is 97.4 Å². The molecule has 0 atom stereocenters. The van der Waals surface area contributed by atoms with Crippen molar-refractivity contribution < 1.29 is 20.4 Å². The third-order valence-corrected chi connectivity index (χ3v) is 7.77. The Hall–Kier alpha value is -3.00. The van der Waals surface area contributed by atoms with E-state index in [-0.39, 0.29) is 0 Å². The van der Waals surface area contributed by atoms with Crippen LogP contribution in [-0.2, 0) is 20.4 Å². The van der Waals surface area contributed by atoms with Gasteiger partial charge in [-0.05, 0) is 26.7 Å². The maximum atomic E-state index is 5.96. The number of nitrogens with zero attached hydrogens (tertiary/aromatic N) is 1. The van der Waals surface area contributed by atoms with Gasteiger partial charge in [0.15, 0.2) is 0 Å². The Labute approximate surface area is 275 Å². The SMILES string of the molecule is C=C(N)/C=C(/C(=C)N1CCCC1)c1cc(-c2ccc([C]#[Nb])cc2)ccc1C.CC.CCCCCC.Cc1cccc(C)c1. The van der Waals surface area contributed by atoms with Crippen molar-refractivity contribution in [1.29, 1.82) is 0 Å². The van der Waals surface area contributed by atoms with Gasteiger partial charge in [0.05, 0.1) is 0 Å². The largest absolute Gasteiger partial charge is 0.0683 e. The van der Waals surface area contributed by atoms with Crippen molar-refractivity contribution in [2.24, 2.45) is 5.73 Å². The molecule has 0 spiro atoms. The molecule has 3 aromatic carbocycles. The third-order valence-electron chi connectivity index (χ3n) is 7.13. The Morgan fingerprint density at radius 3 is 1.81 bits per heavy atom. The van der Waals surface area contributed by atoms with Crippen LogP contribution in [0, 0.1) is 24.8 Å². The molecule has 0 unspecified atom stereocenters. The van der Waals surface area contributed by atoms with E-state index in [0.29, 0.717) is 5.70 Å². The standard InChI is InChI=1S/C24H25N2.C8H10.C6H14.C2H6.Nb/c1-17-7-10-21(11-8-17)22-12-9-18(2)23(16-22)24(15-19(3)25)20(4)26-13-5-6-14-26;1-7-4-3-5-8(2)6-7;1-3-5-6-4-2;1-2;/h7-12,15-16H,3-6,13-14,25H2,2H3;3-6H,1-2H3;3-6H2,1-2H3;1-2H3;/b24-15-;;;;. The Balaban J connectivity index is 0.000000473. The van der Waals surface area contributed by atoms with Crippen molar-refractivity contribution in [1.82, 2.24) is 4.90 Å². The van der Waals surface area contributed by atoms with Gasteiger partial charge in [0.2, 0.25) is 0 Å². The molecule has 2 nitrogen and oxygen atoms in total. The molecule has 0 radical (unpaired) electrons. The van der Waals surface area contributed by atoms with Crippen molar-refractivity contribution in [2.45, 2.75) is 87.0 Å². The van der Waals surface area contributed by atoms with Crippen LogP contribution in [0.2, 0.25) is 0 Å². The molecule has 1 saturated heterocycles. The average Bonchev–Trinajstić information content (AvgIpc) is 3.56. The number of unbranched alkanes of at least 4 members (excludes halogenated alkanes) is 3. The Kier molecular flexibility index (Phi) is 19.1. The van der Waals surface area contributed by atoms with Crippen molar-refractivity contribution in [3.05, 3.63) is 125 Å². The molecule has 3 heteroatoms. The van der Waals surface area contributed by atoms with Crippen LogP contribution in [0.4, 0.5) is 0 Å². The van der Waals surface area contributed by atoms with E-state index < -0.39 is 0 Å². The van der Waals surface area contributed by atoms with Gasteiger partial charge in [0, 0.05) is 0 Å². The van der Waals surface area contributed by atoms with Crippen LogP contribution in [0.5, 0.6) is 0 Å². The first kappa shape index (κ1) is 38.0. The van der Waals surface area contributed by atoms with Crippen LogP contribution >= 0.6 is 0 Å². The van der Waals surface area contributed by atoms with Crippen LogP contribution in [0.3, 0.4) is 0 Å².